The maximum atomic E-state index is 5.66. The van der Waals surface area contributed by atoms with E-state index in [1.54, 1.807) is 0 Å². The summed E-state index contributed by atoms with van der Waals surface area (Å²) in [6, 6.07) is 0. The number of hydrogen-bond acceptors (Lipinski definition) is 2. The number of halogens is 1. The number of nitrogens with zero attached hydrogens (tertiary/aromatic N) is 1. The molecule has 0 aromatic heterocycles. The van der Waals surface area contributed by atoms with Gasteiger partial charge in [0.2, 0.25) is 0 Å². The molecule has 0 aliphatic carbocycles. The van der Waals surface area contributed by atoms with Gasteiger partial charge >= 0.3 is 0 Å². The minimum Gasteiger partial charge on any atom is -0.377 e. The molecule has 1 rings (SSSR count). The Hall–Kier alpha value is -0.0500. The molecule has 14 heavy (non-hydrogen) atoms. The molecule has 1 aliphatic rings. The summed E-state index contributed by atoms with van der Waals surface area (Å²) in [4.78, 5) is 2.28. The Labute approximate surface area is 91.9 Å². The first-order chi connectivity index (χ1) is 6.83. The quantitative estimate of drug-likeness (QED) is 0.518. The summed E-state index contributed by atoms with van der Waals surface area (Å²) in [5.41, 5.74) is 0. The van der Waals surface area contributed by atoms with E-state index in [0.717, 1.165) is 19.7 Å². The van der Waals surface area contributed by atoms with Gasteiger partial charge in [0.25, 0.3) is 0 Å². The minimum absolute atomic E-state index is 0.443. The van der Waals surface area contributed by atoms with Crippen molar-refractivity contribution in [2.24, 2.45) is 0 Å². The van der Waals surface area contributed by atoms with E-state index in [2.05, 4.69) is 18.0 Å². The third kappa shape index (κ3) is 4.99. The summed E-state index contributed by atoms with van der Waals surface area (Å²) in [5, 5.41) is 0. The molecule has 0 N–H and O–H groups in total. The van der Waals surface area contributed by atoms with E-state index in [0.29, 0.717) is 12.0 Å². The van der Waals surface area contributed by atoms with Gasteiger partial charge in [0.1, 0.15) is 0 Å². The summed E-state index contributed by atoms with van der Waals surface area (Å²) in [7, 11) is 2.12. The Morgan fingerprint density at radius 3 is 2.93 bits per heavy atom. The zero-order chi connectivity index (χ0) is 10.2. The average Bonchev–Trinajstić information content (AvgIpc) is 2.20. The lowest BCUT2D eigenvalue weighted by molar-refractivity contribution is 0.000191. The predicted molar refractivity (Wildman–Crippen MR) is 60.9 cm³/mol. The first-order valence-electron chi connectivity index (χ1n) is 5.34. The monoisotopic (exact) mass is 217 g/mol. The van der Waals surface area contributed by atoms with E-state index >= 15 is 0 Å². The van der Waals surface area contributed by atoms with Gasteiger partial charge in [-0.25, -0.2) is 0 Å². The lowest BCUT2D eigenvalue weighted by atomic mass is 10.1. The van der Waals surface area contributed by atoms with Gasteiger partial charge in [-0.1, -0.05) is 12.2 Å². The van der Waals surface area contributed by atoms with Crippen molar-refractivity contribution < 1.29 is 4.74 Å². The second kappa shape index (κ2) is 7.27. The Kier molecular flexibility index (Phi) is 6.24. The second-order valence-electron chi connectivity index (χ2n) is 3.84. The molecular weight excluding hydrogens is 198 g/mol. The lowest BCUT2D eigenvalue weighted by Crippen LogP contribution is -2.33. The molecule has 0 spiro atoms. The number of ether oxygens (including phenoxy) is 1. The van der Waals surface area contributed by atoms with E-state index in [1.165, 1.54) is 19.3 Å². The van der Waals surface area contributed by atoms with Gasteiger partial charge in [0.15, 0.2) is 0 Å². The summed E-state index contributed by atoms with van der Waals surface area (Å²) in [6.45, 7) is 2.94. The molecule has 82 valence electrons. The predicted octanol–water partition coefficient (Wildman–Crippen LogP) is 2.28. The second-order valence-corrected chi connectivity index (χ2v) is 4.14. The van der Waals surface area contributed by atoms with Crippen molar-refractivity contribution in [2.45, 2.75) is 25.4 Å². The van der Waals surface area contributed by atoms with E-state index in [1.807, 2.05) is 6.08 Å². The average molecular weight is 218 g/mol. The third-order valence-electron chi connectivity index (χ3n) is 2.46. The van der Waals surface area contributed by atoms with E-state index in [9.17, 15) is 0 Å². The Balaban J connectivity index is 2.11. The molecule has 0 amide bonds. The standard InChI is InChI=1S/C11H20ClNO/c1-13(8-4-3-7-12)10-11-6-2-5-9-14-11/h3-4,11H,2,5-10H2,1H3. The van der Waals surface area contributed by atoms with Crippen LogP contribution in [0.25, 0.3) is 0 Å². The zero-order valence-electron chi connectivity index (χ0n) is 8.92. The van der Waals surface area contributed by atoms with Crippen LogP contribution in [0.1, 0.15) is 19.3 Å². The van der Waals surface area contributed by atoms with Crippen LogP contribution in [0.3, 0.4) is 0 Å². The van der Waals surface area contributed by atoms with E-state index < -0.39 is 0 Å². The molecule has 0 saturated carbocycles. The molecule has 0 aromatic carbocycles. The first-order valence-corrected chi connectivity index (χ1v) is 5.87. The molecule has 1 unspecified atom stereocenters. The summed E-state index contributed by atoms with van der Waals surface area (Å²) in [6.07, 6.45) is 8.29. The van der Waals surface area contributed by atoms with Crippen molar-refractivity contribution in [3.8, 4) is 0 Å². The summed E-state index contributed by atoms with van der Waals surface area (Å²) < 4.78 is 5.66. The highest BCUT2D eigenvalue weighted by Gasteiger charge is 2.14. The van der Waals surface area contributed by atoms with Crippen molar-refractivity contribution in [3.05, 3.63) is 12.2 Å². The smallest absolute Gasteiger partial charge is 0.0702 e. The molecule has 2 nitrogen and oxygen atoms in total. The Morgan fingerprint density at radius 1 is 1.43 bits per heavy atom. The van der Waals surface area contributed by atoms with Gasteiger partial charge in [-0.05, 0) is 26.3 Å². The molecule has 1 aliphatic heterocycles. The minimum atomic E-state index is 0.443. The number of rotatable bonds is 5. The Bertz CT molecular complexity index is 167. The van der Waals surface area contributed by atoms with Gasteiger partial charge in [0.05, 0.1) is 6.10 Å². The number of likely N-dealkylation sites (N-methyl/N-ethyl adjacent to an activating group) is 1. The summed E-state index contributed by atoms with van der Waals surface area (Å²) in [5.74, 6) is 0.605. The topological polar surface area (TPSA) is 12.5 Å². The van der Waals surface area contributed by atoms with Gasteiger partial charge in [0, 0.05) is 25.6 Å². The van der Waals surface area contributed by atoms with Gasteiger partial charge in [-0.3, -0.25) is 0 Å². The third-order valence-corrected chi connectivity index (χ3v) is 2.64. The fourth-order valence-electron chi connectivity index (χ4n) is 1.69. The molecule has 0 bridgehead atoms. The van der Waals surface area contributed by atoms with Crippen molar-refractivity contribution in [1.29, 1.82) is 0 Å². The van der Waals surface area contributed by atoms with Crippen LogP contribution in [-0.4, -0.2) is 43.6 Å². The van der Waals surface area contributed by atoms with E-state index in [4.69, 9.17) is 16.3 Å². The lowest BCUT2D eigenvalue weighted by Gasteiger charge is -2.26. The normalized spacial score (nSPS) is 23.5. The largest absolute Gasteiger partial charge is 0.377 e. The maximum absolute atomic E-state index is 5.66. The molecule has 0 aromatic rings. The highest BCUT2D eigenvalue weighted by Crippen LogP contribution is 2.13. The Morgan fingerprint density at radius 2 is 2.29 bits per heavy atom. The van der Waals surface area contributed by atoms with Crippen molar-refractivity contribution in [3.63, 3.8) is 0 Å². The fraction of sp³-hybridized carbons (Fsp3) is 0.818. The van der Waals surface area contributed by atoms with Crippen LogP contribution in [0.4, 0.5) is 0 Å². The number of alkyl halides is 1. The fourth-order valence-corrected chi connectivity index (χ4v) is 1.82. The molecule has 1 heterocycles. The zero-order valence-corrected chi connectivity index (χ0v) is 9.67. The number of allylic oxidation sites excluding steroid dienone is 1. The van der Waals surface area contributed by atoms with E-state index in [-0.39, 0.29) is 0 Å². The molecule has 0 radical (unpaired) electrons. The van der Waals surface area contributed by atoms with Gasteiger partial charge in [-0.15, -0.1) is 11.6 Å². The van der Waals surface area contributed by atoms with Crippen LogP contribution in [0, 0.1) is 0 Å². The highest BCUT2D eigenvalue weighted by molar-refractivity contribution is 6.18. The first kappa shape index (κ1) is 12.0. The molecule has 1 fully saturated rings. The van der Waals surface area contributed by atoms with Crippen LogP contribution in [0.15, 0.2) is 12.2 Å². The van der Waals surface area contributed by atoms with Crippen LogP contribution >= 0.6 is 11.6 Å². The van der Waals surface area contributed by atoms with Crippen molar-refractivity contribution in [1.82, 2.24) is 4.90 Å². The summed E-state index contributed by atoms with van der Waals surface area (Å²) >= 11 is 5.55. The highest BCUT2D eigenvalue weighted by atomic mass is 35.5. The van der Waals surface area contributed by atoms with Crippen LogP contribution < -0.4 is 0 Å². The van der Waals surface area contributed by atoms with Crippen molar-refractivity contribution in [2.75, 3.05) is 32.6 Å². The maximum Gasteiger partial charge on any atom is 0.0702 e. The van der Waals surface area contributed by atoms with Crippen LogP contribution in [-0.2, 0) is 4.74 Å². The number of hydrogen-bond donors (Lipinski definition) is 0. The SMILES string of the molecule is CN(CC=CCCl)CC1CCCCO1. The van der Waals surface area contributed by atoms with Crippen molar-refractivity contribution >= 4 is 11.6 Å². The molecule has 1 atom stereocenters. The molecule has 3 heteroatoms. The van der Waals surface area contributed by atoms with Crippen LogP contribution in [0.2, 0.25) is 0 Å². The van der Waals surface area contributed by atoms with Crippen LogP contribution in [0.5, 0.6) is 0 Å². The van der Waals surface area contributed by atoms with Gasteiger partial charge < -0.3 is 9.64 Å². The molecular formula is C11H20ClNO. The molecule has 1 saturated heterocycles. The van der Waals surface area contributed by atoms with Gasteiger partial charge in [-0.2, -0.15) is 0 Å².